The van der Waals surface area contributed by atoms with Crippen LogP contribution in [0.2, 0.25) is 0 Å². The molecule has 0 atom stereocenters. The quantitative estimate of drug-likeness (QED) is 0.631. The molecule has 6 nitrogen and oxygen atoms in total. The summed E-state index contributed by atoms with van der Waals surface area (Å²) in [5.74, 6) is -0.910. The highest BCUT2D eigenvalue weighted by atomic mass is 19.1. The van der Waals surface area contributed by atoms with Crippen LogP contribution in [0.4, 0.5) is 25.1 Å². The Labute approximate surface area is 185 Å². The first-order valence-corrected chi connectivity index (χ1v) is 10.4. The Balaban J connectivity index is 1.54. The normalized spacial score (nSPS) is 14.2. The fourth-order valence-corrected chi connectivity index (χ4v) is 3.91. The van der Waals surface area contributed by atoms with E-state index in [-0.39, 0.29) is 5.69 Å². The maximum absolute atomic E-state index is 13.9. The van der Waals surface area contributed by atoms with Crippen molar-refractivity contribution in [3.05, 3.63) is 64.7 Å². The summed E-state index contributed by atoms with van der Waals surface area (Å²) in [6.45, 7) is 6.01. The first-order valence-electron chi connectivity index (χ1n) is 10.4. The lowest BCUT2D eigenvalue weighted by Crippen LogP contribution is -2.38. The number of rotatable bonds is 2. The second kappa shape index (κ2) is 8.79. The van der Waals surface area contributed by atoms with E-state index < -0.39 is 17.7 Å². The van der Waals surface area contributed by atoms with Gasteiger partial charge in [-0.2, -0.15) is 5.26 Å². The monoisotopic (exact) mass is 435 g/mol. The van der Waals surface area contributed by atoms with E-state index in [1.807, 2.05) is 36.9 Å². The number of hydrogen-bond acceptors (Lipinski definition) is 4. The summed E-state index contributed by atoms with van der Waals surface area (Å²) in [7, 11) is 0. The highest BCUT2D eigenvalue weighted by molar-refractivity contribution is 5.89. The molecule has 8 heteroatoms. The third kappa shape index (κ3) is 4.19. The predicted octanol–water partition coefficient (Wildman–Crippen LogP) is 4.75. The molecule has 2 amide bonds. The van der Waals surface area contributed by atoms with Crippen LogP contribution in [0, 0.1) is 36.8 Å². The van der Waals surface area contributed by atoms with Gasteiger partial charge in [0.15, 0.2) is 0 Å². The van der Waals surface area contributed by atoms with E-state index in [1.54, 1.807) is 4.90 Å². The van der Waals surface area contributed by atoms with E-state index in [4.69, 9.17) is 4.98 Å². The van der Waals surface area contributed by atoms with E-state index in [0.29, 0.717) is 44.0 Å². The molecule has 1 aliphatic rings. The minimum Gasteiger partial charge on any atom is -0.354 e. The largest absolute Gasteiger partial charge is 0.354 e. The van der Waals surface area contributed by atoms with Crippen molar-refractivity contribution in [1.82, 2.24) is 9.88 Å². The molecule has 1 saturated heterocycles. The van der Waals surface area contributed by atoms with Crippen LogP contribution < -0.4 is 10.2 Å². The molecule has 0 saturated carbocycles. The van der Waals surface area contributed by atoms with Gasteiger partial charge in [-0.25, -0.2) is 18.6 Å². The molecule has 1 N–H and O–H groups in total. The molecule has 1 aromatic heterocycles. The second-order valence-electron chi connectivity index (χ2n) is 7.93. The molecule has 1 fully saturated rings. The Hall–Kier alpha value is -3.73. The van der Waals surface area contributed by atoms with Gasteiger partial charge in [0.25, 0.3) is 0 Å². The molecule has 0 aliphatic carbocycles. The van der Waals surface area contributed by atoms with Crippen LogP contribution >= 0.6 is 0 Å². The molecular formula is C24H23F2N5O. The van der Waals surface area contributed by atoms with E-state index in [2.05, 4.69) is 11.4 Å². The van der Waals surface area contributed by atoms with E-state index in [9.17, 15) is 18.8 Å². The average Bonchev–Trinajstić information content (AvgIpc) is 3.04. The summed E-state index contributed by atoms with van der Waals surface area (Å²) < 4.78 is 27.0. The van der Waals surface area contributed by atoms with Crippen molar-refractivity contribution >= 4 is 28.4 Å². The SMILES string of the molecule is Cc1ccc2cc(C#N)c(N3CCCN(C(=O)Nc4ccc(F)cc4F)CC3)nc2c1C. The van der Waals surface area contributed by atoms with Gasteiger partial charge in [0.2, 0.25) is 0 Å². The number of amides is 2. The Kier molecular flexibility index (Phi) is 5.91. The van der Waals surface area contributed by atoms with E-state index >= 15 is 0 Å². The maximum atomic E-state index is 13.9. The summed E-state index contributed by atoms with van der Waals surface area (Å²) in [6, 6.07) is 10.7. The molecule has 0 unspecified atom stereocenters. The Morgan fingerprint density at radius 1 is 1.09 bits per heavy atom. The summed E-state index contributed by atoms with van der Waals surface area (Å²) in [6.07, 6.45) is 0.663. The molecule has 0 radical (unpaired) electrons. The van der Waals surface area contributed by atoms with Crippen LogP contribution in [0.25, 0.3) is 10.9 Å². The van der Waals surface area contributed by atoms with Crippen LogP contribution in [-0.4, -0.2) is 42.1 Å². The van der Waals surface area contributed by atoms with Crippen LogP contribution in [0.15, 0.2) is 36.4 Å². The number of carbonyl (C=O) groups is 1. The van der Waals surface area contributed by atoms with E-state index in [0.717, 1.165) is 34.2 Å². The first kappa shape index (κ1) is 21.5. The first-order chi connectivity index (χ1) is 15.4. The average molecular weight is 435 g/mol. The van der Waals surface area contributed by atoms with Crippen molar-refractivity contribution in [2.24, 2.45) is 0 Å². The number of fused-ring (bicyclic) bond motifs is 1. The Morgan fingerprint density at radius 3 is 2.66 bits per heavy atom. The minimum atomic E-state index is -0.820. The smallest absolute Gasteiger partial charge is 0.321 e. The zero-order valence-electron chi connectivity index (χ0n) is 18.0. The van der Waals surface area contributed by atoms with E-state index in [1.165, 1.54) is 6.07 Å². The number of hydrogen-bond donors (Lipinski definition) is 1. The molecule has 4 rings (SSSR count). The number of halogens is 2. The molecule has 0 bridgehead atoms. The van der Waals surface area contributed by atoms with Gasteiger partial charge >= 0.3 is 6.03 Å². The third-order valence-corrected chi connectivity index (χ3v) is 5.87. The molecule has 0 spiro atoms. The number of carbonyl (C=O) groups excluding carboxylic acids is 1. The van der Waals surface area contributed by atoms with Gasteiger partial charge in [-0.1, -0.05) is 12.1 Å². The fourth-order valence-electron chi connectivity index (χ4n) is 3.91. The molecular weight excluding hydrogens is 412 g/mol. The van der Waals surface area contributed by atoms with Gasteiger partial charge in [0.05, 0.1) is 16.8 Å². The van der Waals surface area contributed by atoms with Crippen molar-refractivity contribution in [1.29, 1.82) is 5.26 Å². The minimum absolute atomic E-state index is 0.0636. The van der Waals surface area contributed by atoms with Gasteiger partial charge < -0.3 is 15.1 Å². The maximum Gasteiger partial charge on any atom is 0.321 e. The molecule has 1 aliphatic heterocycles. The third-order valence-electron chi connectivity index (χ3n) is 5.87. The summed E-state index contributed by atoms with van der Waals surface area (Å²) >= 11 is 0. The number of nitrogens with zero attached hydrogens (tertiary/aromatic N) is 4. The van der Waals surface area contributed by atoms with Crippen LogP contribution in [0.3, 0.4) is 0 Å². The van der Waals surface area contributed by atoms with Crippen molar-refractivity contribution in [3.63, 3.8) is 0 Å². The Bertz CT molecular complexity index is 1240. The highest BCUT2D eigenvalue weighted by Gasteiger charge is 2.23. The molecule has 2 aromatic carbocycles. The lowest BCUT2D eigenvalue weighted by molar-refractivity contribution is 0.215. The number of nitrogens with one attached hydrogen (secondary N) is 1. The summed E-state index contributed by atoms with van der Waals surface area (Å²) in [4.78, 5) is 21.1. The molecule has 164 valence electrons. The fraction of sp³-hybridized carbons (Fsp3) is 0.292. The zero-order chi connectivity index (χ0) is 22.8. The number of aryl methyl sites for hydroxylation is 2. The van der Waals surface area contributed by atoms with Crippen LogP contribution in [-0.2, 0) is 0 Å². The highest BCUT2D eigenvalue weighted by Crippen LogP contribution is 2.27. The topological polar surface area (TPSA) is 72.3 Å². The standard InChI is InChI=1S/C24H23F2N5O/c1-15-4-5-17-12-18(14-27)23(29-22(17)16(15)2)30-8-3-9-31(11-10-30)24(32)28-21-7-6-19(25)13-20(21)26/h4-7,12-13H,3,8-11H2,1-2H3,(H,28,32). The predicted molar refractivity (Wildman–Crippen MR) is 120 cm³/mol. The summed E-state index contributed by atoms with van der Waals surface area (Å²) in [5.41, 5.74) is 3.50. The lowest BCUT2D eigenvalue weighted by Gasteiger charge is -2.24. The number of urea groups is 1. The second-order valence-corrected chi connectivity index (χ2v) is 7.93. The number of aromatic nitrogens is 1. The van der Waals surface area contributed by atoms with Crippen molar-refractivity contribution in [3.8, 4) is 6.07 Å². The van der Waals surface area contributed by atoms with Gasteiger partial charge in [-0.05, 0) is 49.6 Å². The molecule has 32 heavy (non-hydrogen) atoms. The van der Waals surface area contributed by atoms with Gasteiger partial charge in [-0.15, -0.1) is 0 Å². The van der Waals surface area contributed by atoms with Crippen molar-refractivity contribution < 1.29 is 13.6 Å². The molecule has 2 heterocycles. The van der Waals surface area contributed by atoms with Crippen LogP contribution in [0.1, 0.15) is 23.1 Å². The van der Waals surface area contributed by atoms with Crippen molar-refractivity contribution in [2.45, 2.75) is 20.3 Å². The molecule has 3 aromatic rings. The summed E-state index contributed by atoms with van der Waals surface area (Å²) in [5, 5.41) is 13.1. The lowest BCUT2D eigenvalue weighted by atomic mass is 10.0. The van der Waals surface area contributed by atoms with Gasteiger partial charge in [0, 0.05) is 37.6 Å². The van der Waals surface area contributed by atoms with Crippen LogP contribution in [0.5, 0.6) is 0 Å². The Morgan fingerprint density at radius 2 is 1.91 bits per heavy atom. The number of pyridine rings is 1. The number of benzene rings is 2. The number of anilines is 2. The zero-order valence-corrected chi connectivity index (χ0v) is 18.0. The van der Waals surface area contributed by atoms with Gasteiger partial charge in [-0.3, -0.25) is 0 Å². The van der Waals surface area contributed by atoms with Crippen molar-refractivity contribution in [2.75, 3.05) is 36.4 Å². The van der Waals surface area contributed by atoms with Gasteiger partial charge in [0.1, 0.15) is 23.5 Å². The number of nitriles is 1.